The third-order valence-electron chi connectivity index (χ3n) is 8.24. The molecule has 0 saturated carbocycles. The van der Waals surface area contributed by atoms with E-state index in [-0.39, 0.29) is 11.1 Å². The number of carboxylic acid groups (broad SMARTS) is 2. The molecular formula is C30H50N4O4. The smallest absolute Gasteiger partial charge is 0.198 e. The SMILES string of the molecule is CCC1=NC(CC)C[N+]1(CC)CC.CCC1=NC(CC)C[N+]1(CC)CC.O=C([O-])c1ccccc1C(=O)[O-]. The van der Waals surface area contributed by atoms with Gasteiger partial charge in [-0.15, -0.1) is 0 Å². The van der Waals surface area contributed by atoms with Crippen LogP contribution in [0.5, 0.6) is 0 Å². The Balaban J connectivity index is 0.000000285. The maximum atomic E-state index is 10.3. The van der Waals surface area contributed by atoms with Gasteiger partial charge in [0.05, 0.1) is 38.1 Å². The average molecular weight is 531 g/mol. The van der Waals surface area contributed by atoms with E-state index in [1.807, 2.05) is 0 Å². The summed E-state index contributed by atoms with van der Waals surface area (Å²) in [5.74, 6) is -0.182. The first kappa shape index (κ1) is 33.4. The van der Waals surface area contributed by atoms with E-state index in [0.29, 0.717) is 12.1 Å². The molecule has 1 aromatic carbocycles. The van der Waals surface area contributed by atoms with Crippen molar-refractivity contribution in [2.75, 3.05) is 39.3 Å². The zero-order chi connectivity index (χ0) is 28.9. The maximum absolute atomic E-state index is 10.3. The minimum absolute atomic E-state index is 0.363. The van der Waals surface area contributed by atoms with Crippen LogP contribution in [-0.4, -0.2) is 83.9 Å². The Labute approximate surface area is 230 Å². The lowest BCUT2D eigenvalue weighted by Gasteiger charge is -2.32. The van der Waals surface area contributed by atoms with Crippen molar-refractivity contribution in [3.05, 3.63) is 35.4 Å². The molecule has 0 N–H and O–H groups in total. The lowest BCUT2D eigenvalue weighted by atomic mass is 10.1. The highest BCUT2D eigenvalue weighted by molar-refractivity contribution is 5.99. The van der Waals surface area contributed by atoms with Crippen molar-refractivity contribution in [3.8, 4) is 0 Å². The third-order valence-corrected chi connectivity index (χ3v) is 8.24. The molecule has 2 aliphatic rings. The van der Waals surface area contributed by atoms with Crippen molar-refractivity contribution < 1.29 is 28.8 Å². The zero-order valence-corrected chi connectivity index (χ0v) is 25.0. The van der Waals surface area contributed by atoms with Crippen molar-refractivity contribution in [2.24, 2.45) is 9.98 Å². The van der Waals surface area contributed by atoms with Crippen LogP contribution in [0.4, 0.5) is 0 Å². The van der Waals surface area contributed by atoms with E-state index in [1.54, 1.807) is 0 Å². The molecule has 0 spiro atoms. The van der Waals surface area contributed by atoms with Gasteiger partial charge < -0.3 is 19.8 Å². The average Bonchev–Trinajstić information content (AvgIpc) is 3.52. The molecule has 0 radical (unpaired) electrons. The molecule has 8 nitrogen and oxygen atoms in total. The number of likely N-dealkylation sites (N-methyl/N-ethyl adjacent to an activating group) is 2. The molecule has 214 valence electrons. The molecule has 0 bridgehead atoms. The second-order valence-corrected chi connectivity index (χ2v) is 9.96. The molecule has 2 heterocycles. The van der Waals surface area contributed by atoms with E-state index in [2.05, 4.69) is 55.4 Å². The summed E-state index contributed by atoms with van der Waals surface area (Å²) in [5, 5.41) is 20.6. The Morgan fingerprint density at radius 2 is 1.00 bits per heavy atom. The predicted octanol–water partition coefficient (Wildman–Crippen LogP) is 3.30. The van der Waals surface area contributed by atoms with Crippen LogP contribution in [-0.2, 0) is 0 Å². The number of rotatable bonds is 10. The number of carbonyl (C=O) groups is 2. The van der Waals surface area contributed by atoms with Crippen molar-refractivity contribution in [2.45, 2.75) is 93.2 Å². The molecule has 38 heavy (non-hydrogen) atoms. The number of hydrogen-bond donors (Lipinski definition) is 0. The van der Waals surface area contributed by atoms with Crippen LogP contribution in [0.3, 0.4) is 0 Å². The number of quaternary nitrogens is 2. The number of carboxylic acids is 2. The molecule has 0 aromatic heterocycles. The lowest BCUT2D eigenvalue weighted by molar-refractivity contribution is -0.834. The predicted molar refractivity (Wildman–Crippen MR) is 151 cm³/mol. The van der Waals surface area contributed by atoms with Gasteiger partial charge in [0.2, 0.25) is 0 Å². The fraction of sp³-hybridized carbons (Fsp3) is 0.667. The van der Waals surface area contributed by atoms with Crippen molar-refractivity contribution in [3.63, 3.8) is 0 Å². The van der Waals surface area contributed by atoms with E-state index in [1.165, 1.54) is 75.9 Å². The topological polar surface area (TPSA) is 105 Å². The first-order valence-electron chi connectivity index (χ1n) is 14.4. The number of nitrogens with zero attached hydrogens (tertiary/aromatic N) is 4. The molecular weight excluding hydrogens is 480 g/mol. The van der Waals surface area contributed by atoms with Gasteiger partial charge in [-0.05, 0) is 40.5 Å². The van der Waals surface area contributed by atoms with Crippen LogP contribution in [0, 0.1) is 0 Å². The first-order chi connectivity index (χ1) is 18.1. The van der Waals surface area contributed by atoms with Gasteiger partial charge in [-0.1, -0.05) is 52.0 Å². The highest BCUT2D eigenvalue weighted by atomic mass is 16.4. The first-order valence-corrected chi connectivity index (χ1v) is 14.4. The molecule has 0 saturated heterocycles. The van der Waals surface area contributed by atoms with Crippen LogP contribution in [0.2, 0.25) is 0 Å². The standard InChI is InChI=1S/2C11H23N2.C8H6O4/c2*1-5-10-9-13(7-3,8-4)11(6-2)12-10;9-7(10)5-3-1-2-4-6(5)8(11)12/h2*10H,5-9H2,1-4H3;1-4H,(H,9,10)(H,11,12)/q2*+1;/p-2. The van der Waals surface area contributed by atoms with Crippen molar-refractivity contribution in [1.82, 2.24) is 0 Å². The minimum Gasteiger partial charge on any atom is -0.545 e. The summed E-state index contributed by atoms with van der Waals surface area (Å²) < 4.78 is 2.30. The minimum atomic E-state index is -1.52. The molecule has 0 amide bonds. The van der Waals surface area contributed by atoms with E-state index < -0.39 is 11.9 Å². The number of aromatic carboxylic acids is 2. The molecule has 1 aromatic rings. The zero-order valence-electron chi connectivity index (χ0n) is 25.0. The summed E-state index contributed by atoms with van der Waals surface area (Å²) in [7, 11) is 0. The van der Waals surface area contributed by atoms with E-state index in [9.17, 15) is 19.8 Å². The van der Waals surface area contributed by atoms with Gasteiger partial charge in [-0.2, -0.15) is 0 Å². The molecule has 2 aliphatic heterocycles. The number of benzene rings is 1. The van der Waals surface area contributed by atoms with E-state index in [4.69, 9.17) is 9.98 Å². The van der Waals surface area contributed by atoms with Gasteiger partial charge in [0.15, 0.2) is 11.7 Å². The van der Waals surface area contributed by atoms with Crippen LogP contribution in [0.25, 0.3) is 0 Å². The third kappa shape index (κ3) is 7.96. The summed E-state index contributed by atoms with van der Waals surface area (Å²) in [4.78, 5) is 30.3. The fourth-order valence-corrected chi connectivity index (χ4v) is 5.59. The van der Waals surface area contributed by atoms with Crippen LogP contribution in [0.15, 0.2) is 34.3 Å². The second kappa shape index (κ2) is 15.7. The summed E-state index contributed by atoms with van der Waals surface area (Å²) in [6.07, 6.45) is 4.64. The number of aliphatic imine (C=N–C) groups is 2. The molecule has 8 heteroatoms. The second-order valence-electron chi connectivity index (χ2n) is 9.96. The summed E-state index contributed by atoms with van der Waals surface area (Å²) in [6.45, 7) is 25.4. The molecule has 3 rings (SSSR count). The van der Waals surface area contributed by atoms with Gasteiger partial charge in [-0.25, -0.2) is 9.98 Å². The molecule has 0 fully saturated rings. The van der Waals surface area contributed by atoms with Gasteiger partial charge in [0, 0.05) is 24.0 Å². The van der Waals surface area contributed by atoms with Gasteiger partial charge in [0.25, 0.3) is 0 Å². The largest absolute Gasteiger partial charge is 0.545 e. The van der Waals surface area contributed by atoms with Crippen molar-refractivity contribution in [1.29, 1.82) is 0 Å². The Morgan fingerprint density at radius 3 is 1.18 bits per heavy atom. The summed E-state index contributed by atoms with van der Waals surface area (Å²) in [5.41, 5.74) is -0.727. The lowest BCUT2D eigenvalue weighted by Crippen LogP contribution is -2.51. The van der Waals surface area contributed by atoms with E-state index in [0.717, 1.165) is 33.9 Å². The highest BCUT2D eigenvalue weighted by Crippen LogP contribution is 2.23. The maximum Gasteiger partial charge on any atom is 0.198 e. The summed E-state index contributed by atoms with van der Waals surface area (Å²) in [6, 6.07) is 6.32. The number of hydrogen-bond acceptors (Lipinski definition) is 6. The van der Waals surface area contributed by atoms with Crippen molar-refractivity contribution >= 4 is 23.6 Å². The Kier molecular flexibility index (Phi) is 13.9. The molecule has 2 unspecified atom stereocenters. The normalized spacial score (nSPS) is 20.8. The van der Waals surface area contributed by atoms with Gasteiger partial charge >= 0.3 is 0 Å². The Bertz CT molecular complexity index is 888. The fourth-order valence-electron chi connectivity index (χ4n) is 5.59. The Hall–Kier alpha value is -2.58. The van der Waals surface area contributed by atoms with Gasteiger partial charge in [0.1, 0.15) is 25.2 Å². The molecule has 0 aliphatic carbocycles. The van der Waals surface area contributed by atoms with Crippen LogP contribution >= 0.6 is 0 Å². The van der Waals surface area contributed by atoms with Crippen LogP contribution < -0.4 is 10.2 Å². The van der Waals surface area contributed by atoms with Gasteiger partial charge in [-0.3, -0.25) is 8.97 Å². The van der Waals surface area contributed by atoms with E-state index >= 15 is 0 Å². The highest BCUT2D eigenvalue weighted by Gasteiger charge is 2.39. The van der Waals surface area contributed by atoms with Crippen LogP contribution in [0.1, 0.15) is 102 Å². The number of amidine groups is 2. The Morgan fingerprint density at radius 1 is 0.684 bits per heavy atom. The monoisotopic (exact) mass is 530 g/mol. The molecule has 2 atom stereocenters. The quantitative estimate of drug-likeness (QED) is 0.433. The summed E-state index contributed by atoms with van der Waals surface area (Å²) >= 11 is 0. The number of carbonyl (C=O) groups excluding carboxylic acids is 2.